The van der Waals surface area contributed by atoms with E-state index in [2.05, 4.69) is 187 Å². The zero-order valence-corrected chi connectivity index (χ0v) is 31.4. The topological polar surface area (TPSA) is 4.93 Å². The van der Waals surface area contributed by atoms with Crippen molar-refractivity contribution in [1.29, 1.82) is 0 Å². The van der Waals surface area contributed by atoms with Gasteiger partial charge in [0, 0.05) is 21.8 Å². The van der Waals surface area contributed by atoms with Gasteiger partial charge in [0.15, 0.2) is 8.07 Å². The number of aromatic nitrogens is 1. The lowest BCUT2D eigenvalue weighted by atomic mass is 9.92. The first-order chi connectivity index (χ1) is 29.9. The summed E-state index contributed by atoms with van der Waals surface area (Å²) in [4.78, 5) is 0. The Labute approximate surface area is 334 Å². The average molecular weight is 733 g/mol. The molecule has 0 aliphatic rings. The van der Waals surface area contributed by atoms with Crippen molar-refractivity contribution in [1.82, 2.24) is 4.57 Å². The third kappa shape index (κ3) is 4.86. The molecule has 1 heterocycles. The number of nitrogens with zero attached hydrogens (tertiary/aromatic N) is 1. The number of para-hydroxylation sites is 1. The Bertz CT molecular complexity index is 3420. The molecule has 0 unspecified atom stereocenters. The largest absolute Gasteiger partial charge is 0.309 e. The standard InChI is InChI=1S/C54H37NSi/c1-4-17-38(18-5-1)39-31-33-43(34-32-39)56(41-20-6-2-7-21-41,42-22-8-3-9-23-42)44-24-16-19-40(37-44)55-51-30-15-14-29-50(51)54-52(55)36-35-49-47-27-11-10-25-45(47)46-26-12-13-28-48(46)53(49)54/h1-37H/i1D,4D,5D,17D,18D. The summed E-state index contributed by atoms with van der Waals surface area (Å²) >= 11 is 0. The van der Waals surface area contributed by atoms with Gasteiger partial charge in [-0.15, -0.1) is 0 Å². The Morgan fingerprint density at radius 1 is 0.339 bits per heavy atom. The van der Waals surface area contributed by atoms with Gasteiger partial charge < -0.3 is 4.57 Å². The highest BCUT2D eigenvalue weighted by molar-refractivity contribution is 7.19. The van der Waals surface area contributed by atoms with Crippen LogP contribution in [0, 0.1) is 0 Å². The van der Waals surface area contributed by atoms with Gasteiger partial charge in [-0.2, -0.15) is 0 Å². The molecule has 56 heavy (non-hydrogen) atoms. The van der Waals surface area contributed by atoms with Gasteiger partial charge in [-0.3, -0.25) is 0 Å². The molecule has 0 fully saturated rings. The summed E-state index contributed by atoms with van der Waals surface area (Å²) in [5.41, 5.74) is 4.12. The summed E-state index contributed by atoms with van der Waals surface area (Å²) in [7, 11) is -3.08. The van der Waals surface area contributed by atoms with Crippen molar-refractivity contribution in [3.8, 4) is 16.8 Å². The molecule has 10 aromatic carbocycles. The van der Waals surface area contributed by atoms with E-state index >= 15 is 0 Å². The van der Waals surface area contributed by atoms with E-state index in [0.29, 0.717) is 5.56 Å². The minimum Gasteiger partial charge on any atom is -0.309 e. The molecule has 0 amide bonds. The van der Waals surface area contributed by atoms with Crippen LogP contribution in [-0.2, 0) is 0 Å². The highest BCUT2D eigenvalue weighted by atomic mass is 28.3. The first-order valence-corrected chi connectivity index (χ1v) is 21.0. The van der Waals surface area contributed by atoms with Gasteiger partial charge in [0.25, 0.3) is 0 Å². The molecule has 0 spiro atoms. The van der Waals surface area contributed by atoms with E-state index in [9.17, 15) is 0 Å². The molecule has 0 bridgehead atoms. The van der Waals surface area contributed by atoms with E-state index < -0.39 is 14.1 Å². The molecular formula is C54H37NSi. The molecule has 0 atom stereocenters. The van der Waals surface area contributed by atoms with Gasteiger partial charge >= 0.3 is 0 Å². The van der Waals surface area contributed by atoms with Crippen LogP contribution in [0.15, 0.2) is 224 Å². The van der Waals surface area contributed by atoms with Gasteiger partial charge in [-0.1, -0.05) is 200 Å². The lowest BCUT2D eigenvalue weighted by Gasteiger charge is -2.35. The molecule has 1 aromatic heterocycles. The number of hydrogen-bond acceptors (Lipinski definition) is 0. The van der Waals surface area contributed by atoms with Crippen LogP contribution in [0.4, 0.5) is 0 Å². The lowest BCUT2D eigenvalue weighted by molar-refractivity contribution is 1.18. The molecule has 0 N–H and O–H groups in total. The number of fused-ring (bicyclic) bond motifs is 10. The van der Waals surface area contributed by atoms with Gasteiger partial charge in [0.2, 0.25) is 0 Å². The number of rotatable bonds is 6. The van der Waals surface area contributed by atoms with E-state index in [1.54, 1.807) is 0 Å². The molecule has 11 aromatic rings. The van der Waals surface area contributed by atoms with Gasteiger partial charge in [0.1, 0.15) is 0 Å². The maximum Gasteiger partial charge on any atom is 0.179 e. The molecule has 262 valence electrons. The maximum absolute atomic E-state index is 8.71. The first-order valence-electron chi connectivity index (χ1n) is 21.5. The molecule has 1 nitrogen and oxygen atoms in total. The first kappa shape index (κ1) is 27.6. The van der Waals surface area contributed by atoms with E-state index in [4.69, 9.17) is 6.85 Å². The van der Waals surface area contributed by atoms with Crippen molar-refractivity contribution in [2.45, 2.75) is 0 Å². The van der Waals surface area contributed by atoms with Crippen LogP contribution in [0.5, 0.6) is 0 Å². The van der Waals surface area contributed by atoms with Gasteiger partial charge in [-0.05, 0) is 83.1 Å². The lowest BCUT2D eigenvalue weighted by Crippen LogP contribution is -2.74. The predicted molar refractivity (Wildman–Crippen MR) is 242 cm³/mol. The minimum atomic E-state index is -3.08. The number of hydrogen-bond donors (Lipinski definition) is 0. The molecule has 0 aliphatic heterocycles. The van der Waals surface area contributed by atoms with E-state index in [1.807, 2.05) is 12.1 Å². The summed E-state index contributed by atoms with van der Waals surface area (Å²) in [6.45, 7) is 0. The zero-order chi connectivity index (χ0) is 41.4. The van der Waals surface area contributed by atoms with Crippen molar-refractivity contribution >= 4 is 82.9 Å². The summed E-state index contributed by atoms with van der Waals surface area (Å²) in [5, 5.41) is 14.7. The molecular weight excluding hydrogens is 691 g/mol. The number of benzene rings is 10. The fraction of sp³-hybridized carbons (Fsp3) is 0. The summed E-state index contributed by atoms with van der Waals surface area (Å²) in [5.74, 6) is 0. The normalized spacial score (nSPS) is 13.2. The van der Waals surface area contributed by atoms with Gasteiger partial charge in [0.05, 0.1) is 17.9 Å². The van der Waals surface area contributed by atoms with Crippen LogP contribution in [0.3, 0.4) is 0 Å². The van der Waals surface area contributed by atoms with Crippen molar-refractivity contribution in [2.75, 3.05) is 0 Å². The molecule has 0 radical (unpaired) electrons. The maximum atomic E-state index is 8.71. The second-order valence-electron chi connectivity index (χ2n) is 14.4. The molecule has 0 saturated heterocycles. The predicted octanol–water partition coefficient (Wildman–Crippen LogP) is 11.3. The van der Waals surface area contributed by atoms with Crippen LogP contribution < -0.4 is 20.7 Å². The second kappa shape index (κ2) is 13.1. The molecule has 0 saturated carbocycles. The third-order valence-corrected chi connectivity index (χ3v) is 16.4. The molecule has 0 aliphatic carbocycles. The Hall–Kier alpha value is -7.00. The molecule has 2 heteroatoms. The van der Waals surface area contributed by atoms with Crippen LogP contribution in [0.2, 0.25) is 0 Å². The third-order valence-electron chi connectivity index (χ3n) is 11.6. The fourth-order valence-corrected chi connectivity index (χ4v) is 14.0. The zero-order valence-electron chi connectivity index (χ0n) is 35.4. The highest BCUT2D eigenvalue weighted by Gasteiger charge is 2.41. The van der Waals surface area contributed by atoms with Crippen LogP contribution in [-0.4, -0.2) is 12.6 Å². The van der Waals surface area contributed by atoms with Crippen LogP contribution >= 0.6 is 0 Å². The minimum absolute atomic E-state index is 0.200. The molecule has 11 rings (SSSR count). The highest BCUT2D eigenvalue weighted by Crippen LogP contribution is 2.43. The fourth-order valence-electron chi connectivity index (χ4n) is 9.27. The summed E-state index contributed by atoms with van der Waals surface area (Å²) in [6, 6.07) is 68.0. The monoisotopic (exact) mass is 732 g/mol. The Morgan fingerprint density at radius 3 is 1.52 bits per heavy atom. The van der Waals surface area contributed by atoms with E-state index in [1.165, 1.54) is 58.6 Å². The quantitative estimate of drug-likeness (QED) is 0.0911. The Kier molecular flexibility index (Phi) is 6.44. The van der Waals surface area contributed by atoms with Crippen molar-refractivity contribution < 1.29 is 6.85 Å². The van der Waals surface area contributed by atoms with E-state index in [0.717, 1.165) is 21.9 Å². The van der Waals surface area contributed by atoms with Crippen LogP contribution in [0.25, 0.3) is 70.9 Å². The summed E-state index contributed by atoms with van der Waals surface area (Å²) in [6.07, 6.45) is 0. The van der Waals surface area contributed by atoms with Crippen molar-refractivity contribution in [3.05, 3.63) is 224 Å². The average Bonchev–Trinajstić information content (AvgIpc) is 3.66. The second-order valence-corrected chi connectivity index (χ2v) is 18.2. The summed E-state index contributed by atoms with van der Waals surface area (Å²) < 4.78 is 44.7. The van der Waals surface area contributed by atoms with E-state index in [-0.39, 0.29) is 29.7 Å². The van der Waals surface area contributed by atoms with Crippen LogP contribution in [0.1, 0.15) is 6.85 Å². The Balaban J connectivity index is 1.19. The Morgan fingerprint density at radius 2 is 0.857 bits per heavy atom. The smallest absolute Gasteiger partial charge is 0.179 e. The SMILES string of the molecule is [2H]c1c([2H])c([2H])c(-c2ccc([Si](c3ccccc3)(c3ccccc3)c3cccc(-n4c5ccccc5c5c6c7ccccc7c7ccccc7c6ccc54)c3)cc2)c([2H])c1[2H]. The van der Waals surface area contributed by atoms with Crippen molar-refractivity contribution in [2.24, 2.45) is 0 Å². The van der Waals surface area contributed by atoms with Crippen molar-refractivity contribution in [3.63, 3.8) is 0 Å². The van der Waals surface area contributed by atoms with Gasteiger partial charge in [-0.25, -0.2) is 0 Å².